The summed E-state index contributed by atoms with van der Waals surface area (Å²) < 4.78 is 0. The van der Waals surface area contributed by atoms with Gasteiger partial charge in [-0.15, -0.1) is 6.58 Å². The van der Waals surface area contributed by atoms with E-state index in [0.717, 1.165) is 32.6 Å². The summed E-state index contributed by atoms with van der Waals surface area (Å²) in [6, 6.07) is 20.1. The number of anilines is 1. The van der Waals surface area contributed by atoms with Crippen molar-refractivity contribution in [3.8, 4) is 0 Å². The largest absolute Gasteiger partial charge is 0.356 e. The lowest BCUT2D eigenvalue weighted by Crippen LogP contribution is -2.44. The lowest BCUT2D eigenvalue weighted by atomic mass is 9.89. The highest BCUT2D eigenvalue weighted by Crippen LogP contribution is 2.45. The molecule has 1 unspecified atom stereocenters. The van der Waals surface area contributed by atoms with Crippen molar-refractivity contribution in [3.05, 3.63) is 113 Å². The molecule has 37 heavy (non-hydrogen) atoms. The van der Waals surface area contributed by atoms with Crippen LogP contribution in [0.15, 0.2) is 85.5 Å². The maximum absolute atomic E-state index is 14.1. The lowest BCUT2D eigenvalue weighted by Gasteiger charge is -2.36. The van der Waals surface area contributed by atoms with E-state index in [1.807, 2.05) is 42.5 Å². The van der Waals surface area contributed by atoms with Gasteiger partial charge in [-0.2, -0.15) is 0 Å². The molecule has 3 aromatic carbocycles. The standard InChI is InChI=1S/C29H23ClN4O3/c1-2-14-31-27(35)20-11-4-6-13-23(20)34-28(36)24-16-21-19-10-3-5-12-22(19)32-25(21)26(33(24)29(34)37)17-8-7-9-18(30)15-17/h2-13,15,24,26,32H,1,14,16H2,(H,31,35)/t24-,26?/m0/s1. The predicted molar refractivity (Wildman–Crippen MR) is 143 cm³/mol. The van der Waals surface area contributed by atoms with Crippen molar-refractivity contribution in [1.29, 1.82) is 0 Å². The first kappa shape index (κ1) is 23.1. The molecule has 0 spiro atoms. The zero-order valence-electron chi connectivity index (χ0n) is 19.8. The Morgan fingerprint density at radius 3 is 2.68 bits per heavy atom. The van der Waals surface area contributed by atoms with Crippen molar-refractivity contribution >= 4 is 46.0 Å². The van der Waals surface area contributed by atoms with Crippen LogP contribution in [0.3, 0.4) is 0 Å². The number of halogens is 1. The Morgan fingerprint density at radius 2 is 1.86 bits per heavy atom. The number of benzene rings is 3. The third-order valence-corrected chi connectivity index (χ3v) is 7.25. The van der Waals surface area contributed by atoms with Crippen LogP contribution < -0.4 is 10.2 Å². The highest BCUT2D eigenvalue weighted by molar-refractivity contribution is 6.30. The van der Waals surface area contributed by atoms with Crippen molar-refractivity contribution in [1.82, 2.24) is 15.2 Å². The van der Waals surface area contributed by atoms with Gasteiger partial charge in [0.1, 0.15) is 12.1 Å². The number of aromatic nitrogens is 1. The molecule has 1 saturated heterocycles. The molecule has 0 bridgehead atoms. The van der Waals surface area contributed by atoms with Crippen LogP contribution in [-0.4, -0.2) is 40.3 Å². The fourth-order valence-corrected chi connectivity index (χ4v) is 5.64. The van der Waals surface area contributed by atoms with Crippen molar-refractivity contribution in [2.24, 2.45) is 0 Å². The number of urea groups is 1. The molecule has 8 heteroatoms. The summed E-state index contributed by atoms with van der Waals surface area (Å²) in [7, 11) is 0. The van der Waals surface area contributed by atoms with E-state index in [-0.39, 0.29) is 29.6 Å². The van der Waals surface area contributed by atoms with Crippen LogP contribution in [-0.2, 0) is 11.2 Å². The minimum atomic E-state index is -0.729. The van der Waals surface area contributed by atoms with Crippen LogP contribution in [0.1, 0.15) is 33.2 Å². The molecule has 4 aromatic rings. The van der Waals surface area contributed by atoms with E-state index < -0.39 is 18.1 Å². The Balaban J connectivity index is 1.50. The molecule has 0 saturated carbocycles. The molecule has 7 nitrogen and oxygen atoms in total. The van der Waals surface area contributed by atoms with Crippen LogP contribution in [0.4, 0.5) is 10.5 Å². The molecular formula is C29H23ClN4O3. The molecule has 1 aromatic heterocycles. The number of aromatic amines is 1. The Bertz CT molecular complexity index is 1590. The van der Waals surface area contributed by atoms with Gasteiger partial charge in [-0.05, 0) is 41.5 Å². The maximum Gasteiger partial charge on any atom is 0.332 e. The number of hydrogen-bond donors (Lipinski definition) is 2. The summed E-state index contributed by atoms with van der Waals surface area (Å²) in [6.07, 6.45) is 1.93. The van der Waals surface area contributed by atoms with Gasteiger partial charge in [0, 0.05) is 34.6 Å². The van der Waals surface area contributed by atoms with E-state index in [4.69, 9.17) is 11.6 Å². The molecule has 2 atom stereocenters. The zero-order chi connectivity index (χ0) is 25.7. The number of H-pyrrole nitrogens is 1. The second-order valence-electron chi connectivity index (χ2n) is 9.12. The fourth-order valence-electron chi connectivity index (χ4n) is 5.44. The van der Waals surface area contributed by atoms with Crippen LogP contribution in [0.25, 0.3) is 10.9 Å². The number of rotatable bonds is 5. The van der Waals surface area contributed by atoms with Gasteiger partial charge in [-0.3, -0.25) is 14.5 Å². The van der Waals surface area contributed by atoms with Gasteiger partial charge in [0.05, 0.1) is 11.3 Å². The number of imide groups is 1. The van der Waals surface area contributed by atoms with Gasteiger partial charge in [-0.25, -0.2) is 9.69 Å². The first-order valence-corrected chi connectivity index (χ1v) is 12.4. The number of nitrogens with zero attached hydrogens (tertiary/aromatic N) is 2. The molecule has 1 fully saturated rings. The summed E-state index contributed by atoms with van der Waals surface area (Å²) >= 11 is 6.36. The first-order chi connectivity index (χ1) is 18.0. The average Bonchev–Trinajstić information content (AvgIpc) is 3.40. The Hall–Kier alpha value is -4.36. The molecule has 2 N–H and O–H groups in total. The average molecular weight is 511 g/mol. The summed E-state index contributed by atoms with van der Waals surface area (Å²) in [4.78, 5) is 47.1. The fraction of sp³-hybridized carbons (Fsp3) is 0.138. The van der Waals surface area contributed by atoms with E-state index in [0.29, 0.717) is 11.4 Å². The molecule has 184 valence electrons. The van der Waals surface area contributed by atoms with E-state index in [1.165, 1.54) is 0 Å². The highest BCUT2D eigenvalue weighted by atomic mass is 35.5. The molecular weight excluding hydrogens is 488 g/mol. The van der Waals surface area contributed by atoms with Gasteiger partial charge in [0.25, 0.3) is 11.8 Å². The van der Waals surface area contributed by atoms with E-state index in [1.54, 1.807) is 41.3 Å². The maximum atomic E-state index is 14.1. The smallest absolute Gasteiger partial charge is 0.332 e. The monoisotopic (exact) mass is 510 g/mol. The van der Waals surface area contributed by atoms with E-state index in [9.17, 15) is 14.4 Å². The third-order valence-electron chi connectivity index (χ3n) is 7.01. The van der Waals surface area contributed by atoms with Crippen LogP contribution in [0.2, 0.25) is 5.02 Å². The second kappa shape index (κ2) is 8.94. The normalized spacial score (nSPS) is 18.6. The Kier molecular flexibility index (Phi) is 5.57. The Labute approximate surface area is 218 Å². The highest BCUT2D eigenvalue weighted by Gasteiger charge is 2.53. The van der Waals surface area contributed by atoms with Crippen molar-refractivity contribution in [3.63, 3.8) is 0 Å². The number of nitrogens with one attached hydrogen (secondary N) is 2. The molecule has 4 amide bonds. The van der Waals surface area contributed by atoms with Gasteiger partial charge in [0.2, 0.25) is 0 Å². The van der Waals surface area contributed by atoms with Crippen LogP contribution in [0, 0.1) is 0 Å². The second-order valence-corrected chi connectivity index (χ2v) is 9.56. The van der Waals surface area contributed by atoms with E-state index >= 15 is 0 Å². The number of carbonyl (C=O) groups excluding carboxylic acids is 3. The minimum Gasteiger partial charge on any atom is -0.356 e. The summed E-state index contributed by atoms with van der Waals surface area (Å²) in [5.74, 6) is -0.750. The van der Waals surface area contributed by atoms with Gasteiger partial charge < -0.3 is 10.3 Å². The van der Waals surface area contributed by atoms with Crippen LogP contribution in [0.5, 0.6) is 0 Å². The number of para-hydroxylation sites is 2. The predicted octanol–water partition coefficient (Wildman–Crippen LogP) is 5.22. The SMILES string of the molecule is C=CCNC(=O)c1ccccc1N1C(=O)[C@@H]2Cc3c([nH]c4ccccc34)C(c3cccc(Cl)c3)N2C1=O. The van der Waals surface area contributed by atoms with Gasteiger partial charge >= 0.3 is 6.03 Å². The van der Waals surface area contributed by atoms with Crippen molar-refractivity contribution in [2.45, 2.75) is 18.5 Å². The Morgan fingerprint density at radius 1 is 1.08 bits per heavy atom. The molecule has 0 aliphatic carbocycles. The molecule has 2 aliphatic rings. The summed E-state index contributed by atoms with van der Waals surface area (Å²) in [5.41, 5.74) is 4.11. The number of amides is 4. The summed E-state index contributed by atoms with van der Waals surface area (Å²) in [6.45, 7) is 3.89. The number of fused-ring (bicyclic) bond motifs is 4. The molecule has 3 heterocycles. The van der Waals surface area contributed by atoms with Crippen molar-refractivity contribution < 1.29 is 14.4 Å². The van der Waals surface area contributed by atoms with Crippen LogP contribution >= 0.6 is 11.6 Å². The quantitative estimate of drug-likeness (QED) is 0.285. The number of hydrogen-bond acceptors (Lipinski definition) is 3. The first-order valence-electron chi connectivity index (χ1n) is 12.0. The topological polar surface area (TPSA) is 85.5 Å². The molecule has 6 rings (SSSR count). The molecule has 2 aliphatic heterocycles. The van der Waals surface area contributed by atoms with Gasteiger partial charge in [0.15, 0.2) is 0 Å². The summed E-state index contributed by atoms with van der Waals surface area (Å²) in [5, 5.41) is 4.30. The lowest BCUT2D eigenvalue weighted by molar-refractivity contribution is -0.120. The number of carbonyl (C=O) groups is 3. The minimum absolute atomic E-state index is 0.245. The van der Waals surface area contributed by atoms with E-state index in [2.05, 4.69) is 16.9 Å². The molecule has 0 radical (unpaired) electrons. The zero-order valence-corrected chi connectivity index (χ0v) is 20.5. The van der Waals surface area contributed by atoms with Gasteiger partial charge in [-0.1, -0.05) is 60.1 Å². The van der Waals surface area contributed by atoms with Crippen molar-refractivity contribution in [2.75, 3.05) is 11.4 Å². The third kappa shape index (κ3) is 3.62.